The van der Waals surface area contributed by atoms with Gasteiger partial charge in [0.05, 0.1) is 5.56 Å². The number of carbonyl (C=O) groups excluding carboxylic acids is 1. The van der Waals surface area contributed by atoms with Crippen LogP contribution in [0.25, 0.3) is 0 Å². The van der Waals surface area contributed by atoms with Crippen LogP contribution in [0, 0.1) is 11.3 Å². The molecule has 6 nitrogen and oxygen atoms in total. The summed E-state index contributed by atoms with van der Waals surface area (Å²) < 4.78 is 0. The molecule has 0 radical (unpaired) electrons. The number of nitrogens with one attached hydrogen (secondary N) is 2. The number of carboxylic acids is 1. The van der Waals surface area contributed by atoms with E-state index in [4.69, 9.17) is 10.2 Å². The summed E-state index contributed by atoms with van der Waals surface area (Å²) in [6.45, 7) is 3.29. The van der Waals surface area contributed by atoms with E-state index in [1.807, 2.05) is 0 Å². The van der Waals surface area contributed by atoms with Gasteiger partial charge in [0, 0.05) is 19.7 Å². The van der Waals surface area contributed by atoms with E-state index in [9.17, 15) is 9.59 Å². The van der Waals surface area contributed by atoms with Crippen LogP contribution in [0.15, 0.2) is 24.3 Å². The minimum atomic E-state index is -0.963. The van der Waals surface area contributed by atoms with Crippen molar-refractivity contribution in [1.29, 1.82) is 0 Å². The molecule has 0 bridgehead atoms. The molecule has 1 aromatic carbocycles. The van der Waals surface area contributed by atoms with Gasteiger partial charge in [-0.2, -0.15) is 0 Å². The Balaban J connectivity index is 1.77. The van der Waals surface area contributed by atoms with Crippen molar-refractivity contribution in [2.75, 3.05) is 13.2 Å². The van der Waals surface area contributed by atoms with E-state index in [1.165, 1.54) is 18.6 Å². The van der Waals surface area contributed by atoms with Gasteiger partial charge in [-0.25, -0.2) is 9.59 Å². The fourth-order valence-electron chi connectivity index (χ4n) is 3.24. The van der Waals surface area contributed by atoms with E-state index < -0.39 is 5.97 Å². The molecule has 0 spiro atoms. The van der Waals surface area contributed by atoms with Gasteiger partial charge in [0.25, 0.3) is 0 Å². The number of amides is 2. The first-order valence-corrected chi connectivity index (χ1v) is 8.42. The maximum atomic E-state index is 12.0. The summed E-state index contributed by atoms with van der Waals surface area (Å²) in [6, 6.07) is 6.22. The number of aliphatic hydroxyl groups is 1. The predicted molar refractivity (Wildman–Crippen MR) is 90.8 cm³/mol. The molecular weight excluding hydrogens is 308 g/mol. The highest BCUT2D eigenvalue weighted by Crippen LogP contribution is 2.47. The molecule has 132 valence electrons. The van der Waals surface area contributed by atoms with Crippen molar-refractivity contribution < 1.29 is 19.8 Å². The molecule has 0 saturated heterocycles. The van der Waals surface area contributed by atoms with Crippen molar-refractivity contribution in [3.63, 3.8) is 0 Å². The second kappa shape index (κ2) is 8.15. The Morgan fingerprint density at radius 1 is 1.21 bits per heavy atom. The van der Waals surface area contributed by atoms with Crippen molar-refractivity contribution in [2.24, 2.45) is 11.3 Å². The Morgan fingerprint density at radius 2 is 1.88 bits per heavy atom. The van der Waals surface area contributed by atoms with Crippen molar-refractivity contribution in [1.82, 2.24) is 10.6 Å². The first kappa shape index (κ1) is 18.3. The number of rotatable bonds is 8. The average Bonchev–Trinajstić information content (AvgIpc) is 2.52. The van der Waals surface area contributed by atoms with Crippen LogP contribution >= 0.6 is 0 Å². The highest BCUT2D eigenvalue weighted by Gasteiger charge is 2.41. The summed E-state index contributed by atoms with van der Waals surface area (Å²) in [4.78, 5) is 22.8. The van der Waals surface area contributed by atoms with Crippen molar-refractivity contribution in [2.45, 2.75) is 39.2 Å². The topological polar surface area (TPSA) is 98.7 Å². The standard InChI is InChI=1S/C18H26N2O4/c1-13(7-10-21)18(8-2-9-18)12-20-17(24)19-11-14-3-5-15(6-4-14)16(22)23/h3-6,13,21H,2,7-12H2,1H3,(H,22,23)(H2,19,20,24). The molecule has 1 unspecified atom stereocenters. The molecule has 1 aliphatic rings. The molecule has 1 aliphatic carbocycles. The maximum Gasteiger partial charge on any atom is 0.335 e. The van der Waals surface area contributed by atoms with Gasteiger partial charge in [-0.1, -0.05) is 25.5 Å². The van der Waals surface area contributed by atoms with Gasteiger partial charge in [0.15, 0.2) is 0 Å². The summed E-state index contributed by atoms with van der Waals surface area (Å²) in [7, 11) is 0. The fourth-order valence-corrected chi connectivity index (χ4v) is 3.24. The number of benzene rings is 1. The average molecular weight is 334 g/mol. The summed E-state index contributed by atoms with van der Waals surface area (Å²) >= 11 is 0. The summed E-state index contributed by atoms with van der Waals surface area (Å²) in [5.74, 6) is -0.574. The normalized spacial score (nSPS) is 16.8. The van der Waals surface area contributed by atoms with E-state index in [2.05, 4.69) is 17.6 Å². The van der Waals surface area contributed by atoms with Gasteiger partial charge >= 0.3 is 12.0 Å². The first-order valence-electron chi connectivity index (χ1n) is 8.42. The zero-order valence-electron chi connectivity index (χ0n) is 14.0. The molecule has 1 fully saturated rings. The zero-order valence-corrected chi connectivity index (χ0v) is 14.0. The number of carboxylic acid groups (broad SMARTS) is 1. The molecule has 2 rings (SSSR count). The highest BCUT2D eigenvalue weighted by molar-refractivity contribution is 5.87. The molecule has 24 heavy (non-hydrogen) atoms. The van der Waals surface area contributed by atoms with Gasteiger partial charge in [-0.3, -0.25) is 0 Å². The van der Waals surface area contributed by atoms with Crippen LogP contribution in [0.5, 0.6) is 0 Å². The number of aliphatic hydroxyl groups excluding tert-OH is 1. The zero-order chi connectivity index (χ0) is 17.6. The predicted octanol–water partition coefficient (Wildman–Crippen LogP) is 2.37. The van der Waals surface area contributed by atoms with Crippen LogP contribution in [0.4, 0.5) is 4.79 Å². The third kappa shape index (κ3) is 4.47. The Morgan fingerprint density at radius 3 is 2.38 bits per heavy atom. The monoisotopic (exact) mass is 334 g/mol. The van der Waals surface area contributed by atoms with E-state index in [-0.39, 0.29) is 23.6 Å². The van der Waals surface area contributed by atoms with Crippen LogP contribution < -0.4 is 10.6 Å². The highest BCUT2D eigenvalue weighted by atomic mass is 16.4. The van der Waals surface area contributed by atoms with Crippen LogP contribution in [0.1, 0.15) is 48.5 Å². The molecule has 1 atom stereocenters. The Kier molecular flexibility index (Phi) is 6.20. The maximum absolute atomic E-state index is 12.0. The molecule has 0 aromatic heterocycles. The first-order chi connectivity index (χ1) is 11.5. The number of carbonyl (C=O) groups is 2. The van der Waals surface area contributed by atoms with Crippen LogP contribution in [-0.4, -0.2) is 35.4 Å². The van der Waals surface area contributed by atoms with E-state index in [0.29, 0.717) is 19.0 Å². The van der Waals surface area contributed by atoms with Crippen LogP contribution in [0.3, 0.4) is 0 Å². The number of urea groups is 1. The Labute approximate surface area is 142 Å². The lowest BCUT2D eigenvalue weighted by Gasteiger charge is -2.46. The van der Waals surface area contributed by atoms with E-state index in [0.717, 1.165) is 24.8 Å². The lowest BCUT2D eigenvalue weighted by molar-refractivity contribution is 0.0456. The van der Waals surface area contributed by atoms with Gasteiger partial charge < -0.3 is 20.8 Å². The minimum absolute atomic E-state index is 0.114. The Hall–Kier alpha value is -2.08. The van der Waals surface area contributed by atoms with Gasteiger partial charge in [0.2, 0.25) is 0 Å². The van der Waals surface area contributed by atoms with Gasteiger partial charge in [-0.15, -0.1) is 0 Å². The van der Waals surface area contributed by atoms with Crippen LogP contribution in [-0.2, 0) is 6.54 Å². The molecular formula is C18H26N2O4. The molecule has 4 N–H and O–H groups in total. The molecule has 0 heterocycles. The lowest BCUT2D eigenvalue weighted by Crippen LogP contribution is -2.48. The number of hydrogen-bond donors (Lipinski definition) is 4. The van der Waals surface area contributed by atoms with Crippen LogP contribution in [0.2, 0.25) is 0 Å². The largest absolute Gasteiger partial charge is 0.478 e. The molecule has 0 aliphatic heterocycles. The quantitative estimate of drug-likeness (QED) is 0.586. The van der Waals surface area contributed by atoms with E-state index >= 15 is 0 Å². The number of aromatic carboxylic acids is 1. The van der Waals surface area contributed by atoms with Gasteiger partial charge in [-0.05, 0) is 48.3 Å². The van der Waals surface area contributed by atoms with Crippen molar-refractivity contribution >= 4 is 12.0 Å². The molecule has 6 heteroatoms. The smallest absolute Gasteiger partial charge is 0.335 e. The second-order valence-corrected chi connectivity index (χ2v) is 6.67. The lowest BCUT2D eigenvalue weighted by atomic mass is 9.60. The number of hydrogen-bond acceptors (Lipinski definition) is 3. The minimum Gasteiger partial charge on any atom is -0.478 e. The van der Waals surface area contributed by atoms with Crippen molar-refractivity contribution in [3.05, 3.63) is 35.4 Å². The van der Waals surface area contributed by atoms with Gasteiger partial charge in [0.1, 0.15) is 0 Å². The second-order valence-electron chi connectivity index (χ2n) is 6.67. The fraction of sp³-hybridized carbons (Fsp3) is 0.556. The van der Waals surface area contributed by atoms with Crippen molar-refractivity contribution in [3.8, 4) is 0 Å². The summed E-state index contributed by atoms with van der Waals surface area (Å²) in [6.07, 6.45) is 4.12. The third-order valence-electron chi connectivity index (χ3n) is 5.21. The molecule has 1 aromatic rings. The third-order valence-corrected chi connectivity index (χ3v) is 5.21. The SMILES string of the molecule is CC(CCO)C1(CNC(=O)NCc2ccc(C(=O)O)cc2)CCC1. The summed E-state index contributed by atoms with van der Waals surface area (Å²) in [5.41, 5.74) is 1.19. The molecule has 2 amide bonds. The molecule has 1 saturated carbocycles. The summed E-state index contributed by atoms with van der Waals surface area (Å²) in [5, 5.41) is 23.7. The Bertz CT molecular complexity index is 567. The van der Waals surface area contributed by atoms with E-state index in [1.54, 1.807) is 12.1 Å².